The van der Waals surface area contributed by atoms with E-state index in [0.717, 1.165) is 0 Å². The van der Waals surface area contributed by atoms with Crippen molar-refractivity contribution in [1.82, 2.24) is 0 Å². The molecule has 20 heavy (non-hydrogen) atoms. The van der Waals surface area contributed by atoms with Gasteiger partial charge in [0.15, 0.2) is 0 Å². The predicted molar refractivity (Wildman–Crippen MR) is 76.3 cm³/mol. The first-order valence-corrected chi connectivity index (χ1v) is 7.49. The minimum absolute atomic E-state index is 0.0787. The van der Waals surface area contributed by atoms with E-state index in [1.54, 1.807) is 25.1 Å². The fraction of sp³-hybridized carbons (Fsp3) is 0.143. The van der Waals surface area contributed by atoms with Gasteiger partial charge in [0, 0.05) is 6.54 Å². The largest absolute Gasteiger partial charge is 0.326 e. The van der Waals surface area contributed by atoms with E-state index in [1.165, 1.54) is 24.3 Å². The second-order valence-electron chi connectivity index (χ2n) is 4.39. The van der Waals surface area contributed by atoms with E-state index in [2.05, 4.69) is 4.72 Å². The summed E-state index contributed by atoms with van der Waals surface area (Å²) in [5, 5.41) is 0. The van der Waals surface area contributed by atoms with Gasteiger partial charge in [-0.1, -0.05) is 24.3 Å². The minimum atomic E-state index is -3.84. The molecule has 0 saturated carbocycles. The fourth-order valence-electron chi connectivity index (χ4n) is 1.80. The quantitative estimate of drug-likeness (QED) is 0.909. The molecule has 0 aliphatic heterocycles. The minimum Gasteiger partial charge on any atom is -0.326 e. The van der Waals surface area contributed by atoms with Crippen LogP contribution in [-0.4, -0.2) is 8.42 Å². The van der Waals surface area contributed by atoms with E-state index in [4.69, 9.17) is 5.73 Å². The van der Waals surface area contributed by atoms with Crippen LogP contribution >= 0.6 is 0 Å². The average molecular weight is 294 g/mol. The molecule has 0 spiro atoms. The SMILES string of the molecule is Cc1ccc(CN)cc1S(=O)(=O)Nc1ccccc1F. The second kappa shape index (κ2) is 5.60. The zero-order valence-corrected chi connectivity index (χ0v) is 11.7. The fourth-order valence-corrected chi connectivity index (χ4v) is 3.17. The van der Waals surface area contributed by atoms with Crippen LogP contribution in [0.25, 0.3) is 0 Å². The third-order valence-electron chi connectivity index (χ3n) is 2.90. The van der Waals surface area contributed by atoms with Crippen molar-refractivity contribution in [3.05, 3.63) is 59.4 Å². The summed E-state index contributed by atoms with van der Waals surface area (Å²) in [4.78, 5) is 0.101. The zero-order valence-electron chi connectivity index (χ0n) is 10.9. The molecular formula is C14H15FN2O2S. The molecule has 0 radical (unpaired) electrons. The van der Waals surface area contributed by atoms with Crippen molar-refractivity contribution >= 4 is 15.7 Å². The summed E-state index contributed by atoms with van der Waals surface area (Å²) in [6.45, 7) is 1.92. The van der Waals surface area contributed by atoms with Crippen LogP contribution in [0.3, 0.4) is 0 Å². The Labute approximate surface area is 117 Å². The van der Waals surface area contributed by atoms with Gasteiger partial charge in [-0.2, -0.15) is 0 Å². The molecule has 0 unspecified atom stereocenters. The highest BCUT2D eigenvalue weighted by molar-refractivity contribution is 7.92. The van der Waals surface area contributed by atoms with E-state index in [9.17, 15) is 12.8 Å². The Balaban J connectivity index is 2.43. The van der Waals surface area contributed by atoms with Crippen molar-refractivity contribution in [1.29, 1.82) is 0 Å². The maximum absolute atomic E-state index is 13.5. The Morgan fingerprint density at radius 3 is 2.55 bits per heavy atom. The normalized spacial score (nSPS) is 11.3. The number of anilines is 1. The van der Waals surface area contributed by atoms with Gasteiger partial charge in [0.1, 0.15) is 5.82 Å². The lowest BCUT2D eigenvalue weighted by molar-refractivity contribution is 0.598. The Morgan fingerprint density at radius 1 is 1.20 bits per heavy atom. The van der Waals surface area contributed by atoms with Gasteiger partial charge in [0.2, 0.25) is 0 Å². The summed E-state index contributed by atoms with van der Waals surface area (Å²) in [6.07, 6.45) is 0. The van der Waals surface area contributed by atoms with Crippen LogP contribution in [0.5, 0.6) is 0 Å². The van der Waals surface area contributed by atoms with E-state index in [1.807, 2.05) is 0 Å². The second-order valence-corrected chi connectivity index (χ2v) is 6.04. The van der Waals surface area contributed by atoms with Gasteiger partial charge >= 0.3 is 0 Å². The smallest absolute Gasteiger partial charge is 0.262 e. The average Bonchev–Trinajstić information content (AvgIpc) is 2.41. The molecular weight excluding hydrogens is 279 g/mol. The molecule has 0 amide bonds. The summed E-state index contributed by atoms with van der Waals surface area (Å²) < 4.78 is 40.4. The molecule has 0 fully saturated rings. The zero-order chi connectivity index (χ0) is 14.8. The number of hydrogen-bond acceptors (Lipinski definition) is 3. The number of para-hydroxylation sites is 1. The Morgan fingerprint density at radius 2 is 1.90 bits per heavy atom. The van der Waals surface area contributed by atoms with Crippen LogP contribution in [0.15, 0.2) is 47.4 Å². The van der Waals surface area contributed by atoms with Crippen molar-refractivity contribution in [2.75, 3.05) is 4.72 Å². The molecule has 0 saturated heterocycles. The number of nitrogens with two attached hydrogens (primary N) is 1. The van der Waals surface area contributed by atoms with Gasteiger partial charge in [0.05, 0.1) is 10.6 Å². The molecule has 2 aromatic carbocycles. The molecule has 106 valence electrons. The number of aryl methyl sites for hydroxylation is 1. The number of nitrogens with one attached hydrogen (secondary N) is 1. The number of rotatable bonds is 4. The third kappa shape index (κ3) is 2.97. The lowest BCUT2D eigenvalue weighted by atomic mass is 10.1. The molecule has 2 rings (SSSR count). The molecule has 3 N–H and O–H groups in total. The van der Waals surface area contributed by atoms with Crippen molar-refractivity contribution < 1.29 is 12.8 Å². The topological polar surface area (TPSA) is 72.2 Å². The number of benzene rings is 2. The van der Waals surface area contributed by atoms with Gasteiger partial charge < -0.3 is 5.73 Å². The Bertz CT molecular complexity index is 730. The highest BCUT2D eigenvalue weighted by Gasteiger charge is 2.18. The number of halogens is 1. The first kappa shape index (κ1) is 14.5. The van der Waals surface area contributed by atoms with Gasteiger partial charge in [-0.05, 0) is 36.2 Å². The van der Waals surface area contributed by atoms with Crippen LogP contribution in [0.1, 0.15) is 11.1 Å². The van der Waals surface area contributed by atoms with Crippen molar-refractivity contribution in [3.63, 3.8) is 0 Å². The number of hydrogen-bond donors (Lipinski definition) is 2. The summed E-state index contributed by atoms with van der Waals surface area (Å²) in [6, 6.07) is 10.6. The first-order chi connectivity index (χ1) is 9.44. The molecule has 0 aromatic heterocycles. The standard InChI is InChI=1S/C14H15FN2O2S/c1-10-6-7-11(9-16)8-14(10)20(18,19)17-13-5-3-2-4-12(13)15/h2-8,17H,9,16H2,1H3. The van der Waals surface area contributed by atoms with Gasteiger partial charge in [-0.25, -0.2) is 12.8 Å². The van der Waals surface area contributed by atoms with Gasteiger partial charge in [-0.3, -0.25) is 4.72 Å². The van der Waals surface area contributed by atoms with E-state index in [0.29, 0.717) is 11.1 Å². The molecule has 0 atom stereocenters. The number of sulfonamides is 1. The van der Waals surface area contributed by atoms with E-state index in [-0.39, 0.29) is 17.1 Å². The molecule has 0 aliphatic rings. The van der Waals surface area contributed by atoms with Crippen molar-refractivity contribution in [3.8, 4) is 0 Å². The lowest BCUT2D eigenvalue weighted by Gasteiger charge is -2.12. The maximum atomic E-state index is 13.5. The molecule has 4 nitrogen and oxygen atoms in total. The van der Waals surface area contributed by atoms with E-state index >= 15 is 0 Å². The van der Waals surface area contributed by atoms with Gasteiger partial charge in [-0.15, -0.1) is 0 Å². The molecule has 0 bridgehead atoms. The highest BCUT2D eigenvalue weighted by atomic mass is 32.2. The van der Waals surface area contributed by atoms with Crippen molar-refractivity contribution in [2.45, 2.75) is 18.4 Å². The lowest BCUT2D eigenvalue weighted by Crippen LogP contribution is -2.15. The third-order valence-corrected chi connectivity index (χ3v) is 4.40. The van der Waals surface area contributed by atoms with Crippen LogP contribution < -0.4 is 10.5 Å². The summed E-state index contributed by atoms with van der Waals surface area (Å²) in [7, 11) is -3.84. The van der Waals surface area contributed by atoms with Crippen molar-refractivity contribution in [2.24, 2.45) is 5.73 Å². The summed E-state index contributed by atoms with van der Waals surface area (Å²) in [5.41, 5.74) is 6.71. The summed E-state index contributed by atoms with van der Waals surface area (Å²) >= 11 is 0. The van der Waals surface area contributed by atoms with Crippen LogP contribution in [-0.2, 0) is 16.6 Å². The first-order valence-electron chi connectivity index (χ1n) is 6.01. The maximum Gasteiger partial charge on any atom is 0.262 e. The van der Waals surface area contributed by atoms with Crippen LogP contribution in [0.4, 0.5) is 10.1 Å². The molecule has 2 aromatic rings. The molecule has 0 aliphatic carbocycles. The monoisotopic (exact) mass is 294 g/mol. The highest BCUT2D eigenvalue weighted by Crippen LogP contribution is 2.22. The predicted octanol–water partition coefficient (Wildman–Crippen LogP) is 2.39. The summed E-state index contributed by atoms with van der Waals surface area (Å²) in [5.74, 6) is -0.622. The van der Waals surface area contributed by atoms with E-state index < -0.39 is 15.8 Å². The Hall–Kier alpha value is -1.92. The molecule has 0 heterocycles. The molecule has 6 heteroatoms. The van der Waals surface area contributed by atoms with Crippen LogP contribution in [0, 0.1) is 12.7 Å². The Kier molecular flexibility index (Phi) is 4.06. The van der Waals surface area contributed by atoms with Gasteiger partial charge in [0.25, 0.3) is 10.0 Å². The van der Waals surface area contributed by atoms with Crippen LogP contribution in [0.2, 0.25) is 0 Å².